The molecule has 2 amide bonds. The Bertz CT molecular complexity index is 1770. The third kappa shape index (κ3) is 5.29. The molecule has 3 aromatic carbocycles. The molecule has 0 bridgehead atoms. The van der Waals surface area contributed by atoms with Crippen molar-refractivity contribution < 1.29 is 27.8 Å². The molecule has 0 saturated heterocycles. The lowest BCUT2D eigenvalue weighted by atomic mass is 10.0. The van der Waals surface area contributed by atoms with Gasteiger partial charge in [-0.25, -0.2) is 9.37 Å². The summed E-state index contributed by atoms with van der Waals surface area (Å²) in [5, 5.41) is 3.27. The van der Waals surface area contributed by atoms with Crippen LogP contribution in [0.3, 0.4) is 0 Å². The van der Waals surface area contributed by atoms with Gasteiger partial charge in [-0.05, 0) is 73.7 Å². The summed E-state index contributed by atoms with van der Waals surface area (Å²) in [6, 6.07) is 15.2. The number of rotatable bonds is 7. The summed E-state index contributed by atoms with van der Waals surface area (Å²) < 4.78 is 40.3. The standard InChI is InChI=1S/C32H25F2N3O4/c1-40-27-16-24-26(14-20(27)5-4-18-2-3-18)36-29(34)17-28(24)41-22-9-6-19(7-10-22)23-15-21(33)8-11-25(23)37-31(39)32(12-13-32)30(35)38/h6-11,14-18H,2-3,12-13H2,1H3,(H2,35,38)(H,37,39). The lowest BCUT2D eigenvalue weighted by Crippen LogP contribution is -2.36. The molecule has 2 aliphatic rings. The first-order valence-corrected chi connectivity index (χ1v) is 13.1. The zero-order valence-corrected chi connectivity index (χ0v) is 22.1. The van der Waals surface area contributed by atoms with E-state index < -0.39 is 29.0 Å². The first-order chi connectivity index (χ1) is 19.8. The molecule has 0 unspecified atom stereocenters. The van der Waals surface area contributed by atoms with E-state index in [1.54, 1.807) is 43.5 Å². The van der Waals surface area contributed by atoms with Gasteiger partial charge in [0.25, 0.3) is 0 Å². The van der Waals surface area contributed by atoms with Crippen LogP contribution in [-0.4, -0.2) is 23.9 Å². The molecule has 0 spiro atoms. The van der Waals surface area contributed by atoms with Crippen molar-refractivity contribution >= 4 is 28.4 Å². The average Bonchev–Trinajstić information content (AvgIpc) is 3.87. The number of carbonyl (C=O) groups is 2. The number of primary amides is 1. The van der Waals surface area contributed by atoms with Gasteiger partial charge in [-0.2, -0.15) is 4.39 Å². The Labute approximate surface area is 234 Å². The van der Waals surface area contributed by atoms with Crippen molar-refractivity contribution in [2.45, 2.75) is 25.7 Å². The van der Waals surface area contributed by atoms with Gasteiger partial charge in [0.2, 0.25) is 17.8 Å². The van der Waals surface area contributed by atoms with Gasteiger partial charge in [0.05, 0.1) is 18.2 Å². The van der Waals surface area contributed by atoms with Crippen LogP contribution in [0, 0.1) is 34.9 Å². The fourth-order valence-corrected chi connectivity index (χ4v) is 4.60. The van der Waals surface area contributed by atoms with Crippen LogP contribution in [0.5, 0.6) is 17.2 Å². The van der Waals surface area contributed by atoms with Crippen LogP contribution in [-0.2, 0) is 9.59 Å². The number of nitrogens with one attached hydrogen (secondary N) is 1. The molecule has 0 radical (unpaired) electrons. The smallest absolute Gasteiger partial charge is 0.240 e. The highest BCUT2D eigenvalue weighted by atomic mass is 19.1. The maximum absolute atomic E-state index is 14.5. The van der Waals surface area contributed by atoms with Gasteiger partial charge in [0.1, 0.15) is 28.5 Å². The number of ether oxygens (including phenoxy) is 2. The Balaban J connectivity index is 1.29. The molecule has 2 aliphatic carbocycles. The molecule has 0 atom stereocenters. The third-order valence-electron chi connectivity index (χ3n) is 7.33. The van der Waals surface area contributed by atoms with Crippen LogP contribution >= 0.6 is 0 Å². The van der Waals surface area contributed by atoms with Crippen LogP contribution in [0.25, 0.3) is 22.0 Å². The van der Waals surface area contributed by atoms with Gasteiger partial charge in [0, 0.05) is 28.6 Å². The van der Waals surface area contributed by atoms with Crippen LogP contribution in [0.15, 0.2) is 60.7 Å². The maximum Gasteiger partial charge on any atom is 0.240 e. The van der Waals surface area contributed by atoms with Crippen LogP contribution < -0.4 is 20.5 Å². The van der Waals surface area contributed by atoms with Gasteiger partial charge in [-0.3, -0.25) is 9.59 Å². The van der Waals surface area contributed by atoms with Crippen LogP contribution in [0.1, 0.15) is 31.2 Å². The number of methoxy groups -OCH3 is 1. The number of nitrogens with zero attached hydrogens (tertiary/aromatic N) is 1. The minimum absolute atomic E-state index is 0.236. The van der Waals surface area contributed by atoms with Crippen molar-refractivity contribution in [1.29, 1.82) is 0 Å². The van der Waals surface area contributed by atoms with Gasteiger partial charge < -0.3 is 20.5 Å². The molecule has 6 rings (SSSR count). The number of fused-ring (bicyclic) bond motifs is 1. The molecule has 7 nitrogen and oxygen atoms in total. The summed E-state index contributed by atoms with van der Waals surface area (Å²) in [4.78, 5) is 28.5. The Morgan fingerprint density at radius 3 is 2.44 bits per heavy atom. The zero-order valence-electron chi connectivity index (χ0n) is 22.1. The van der Waals surface area contributed by atoms with Crippen molar-refractivity contribution in [2.24, 2.45) is 17.1 Å². The molecular formula is C32H25F2N3O4. The van der Waals surface area contributed by atoms with E-state index in [1.165, 1.54) is 24.3 Å². The second-order valence-electron chi connectivity index (χ2n) is 10.3. The molecule has 0 aliphatic heterocycles. The molecule has 41 heavy (non-hydrogen) atoms. The highest BCUT2D eigenvalue weighted by Crippen LogP contribution is 2.46. The van der Waals surface area contributed by atoms with Crippen LogP contribution in [0.2, 0.25) is 0 Å². The summed E-state index contributed by atoms with van der Waals surface area (Å²) in [5.74, 6) is 5.45. The van der Waals surface area contributed by atoms with E-state index in [-0.39, 0.29) is 5.75 Å². The molecule has 9 heteroatoms. The number of nitrogens with two attached hydrogens (primary N) is 1. The molecule has 2 fully saturated rings. The highest BCUT2D eigenvalue weighted by molar-refractivity contribution is 6.13. The zero-order chi connectivity index (χ0) is 28.7. The summed E-state index contributed by atoms with van der Waals surface area (Å²) in [5.41, 5.74) is 6.54. The Hall–Kier alpha value is -4.97. The second kappa shape index (κ2) is 10.2. The van der Waals surface area contributed by atoms with Crippen molar-refractivity contribution in [3.63, 3.8) is 0 Å². The highest BCUT2D eigenvalue weighted by Gasteiger charge is 2.55. The number of aromatic nitrogens is 1. The molecule has 1 aromatic heterocycles. The monoisotopic (exact) mass is 553 g/mol. The third-order valence-corrected chi connectivity index (χ3v) is 7.33. The number of benzene rings is 3. The van der Waals surface area contributed by atoms with Gasteiger partial charge >= 0.3 is 0 Å². The summed E-state index contributed by atoms with van der Waals surface area (Å²) in [6.45, 7) is 0. The lowest BCUT2D eigenvalue weighted by Gasteiger charge is -2.16. The maximum atomic E-state index is 14.5. The normalized spacial score (nSPS) is 15.0. The van der Waals surface area contributed by atoms with E-state index in [9.17, 15) is 18.4 Å². The SMILES string of the molecule is COc1cc2c(Oc3ccc(-c4cc(F)ccc4NC(=O)C4(C(N)=O)CC4)cc3)cc(F)nc2cc1C#CC1CC1. The first-order valence-electron chi connectivity index (χ1n) is 13.1. The summed E-state index contributed by atoms with van der Waals surface area (Å²) >= 11 is 0. The Morgan fingerprint density at radius 1 is 1.02 bits per heavy atom. The Morgan fingerprint density at radius 2 is 1.78 bits per heavy atom. The minimum Gasteiger partial charge on any atom is -0.495 e. The van der Waals surface area contributed by atoms with E-state index in [0.717, 1.165) is 12.8 Å². The summed E-state index contributed by atoms with van der Waals surface area (Å²) in [6.07, 6.45) is 2.92. The molecule has 1 heterocycles. The number of carbonyl (C=O) groups excluding carboxylic acids is 2. The van der Waals surface area contributed by atoms with E-state index in [4.69, 9.17) is 15.2 Å². The van der Waals surface area contributed by atoms with Crippen molar-refractivity contribution in [2.75, 3.05) is 12.4 Å². The van der Waals surface area contributed by atoms with E-state index >= 15 is 0 Å². The Kier molecular flexibility index (Phi) is 6.54. The number of amides is 2. The van der Waals surface area contributed by atoms with Gasteiger partial charge in [0.15, 0.2) is 0 Å². The predicted octanol–water partition coefficient (Wildman–Crippen LogP) is 5.95. The first kappa shape index (κ1) is 26.3. The molecule has 4 aromatic rings. The fraction of sp³-hybridized carbons (Fsp3) is 0.219. The topological polar surface area (TPSA) is 104 Å². The van der Waals surface area contributed by atoms with Crippen molar-refractivity contribution in [3.05, 3.63) is 78.0 Å². The van der Waals surface area contributed by atoms with Crippen molar-refractivity contribution in [3.8, 4) is 40.2 Å². The number of hydrogen-bond acceptors (Lipinski definition) is 5. The van der Waals surface area contributed by atoms with Gasteiger partial charge in [-0.15, -0.1) is 0 Å². The van der Waals surface area contributed by atoms with E-state index in [0.29, 0.717) is 63.5 Å². The molecule has 3 N–H and O–H groups in total. The number of anilines is 1. The van der Waals surface area contributed by atoms with Crippen molar-refractivity contribution in [1.82, 2.24) is 4.98 Å². The minimum atomic E-state index is -1.22. The predicted molar refractivity (Wildman–Crippen MR) is 149 cm³/mol. The number of hydrogen-bond donors (Lipinski definition) is 2. The lowest BCUT2D eigenvalue weighted by molar-refractivity contribution is -0.132. The van der Waals surface area contributed by atoms with Gasteiger partial charge in [-0.1, -0.05) is 24.0 Å². The van der Waals surface area contributed by atoms with Crippen LogP contribution in [0.4, 0.5) is 14.5 Å². The average molecular weight is 554 g/mol. The van der Waals surface area contributed by atoms with E-state index in [2.05, 4.69) is 22.1 Å². The number of pyridine rings is 1. The molecular weight excluding hydrogens is 528 g/mol. The summed E-state index contributed by atoms with van der Waals surface area (Å²) in [7, 11) is 1.54. The molecule has 206 valence electrons. The molecule has 2 saturated carbocycles. The largest absolute Gasteiger partial charge is 0.495 e. The quantitative estimate of drug-likeness (QED) is 0.167. The second-order valence-corrected chi connectivity index (χ2v) is 10.3. The fourth-order valence-electron chi connectivity index (χ4n) is 4.60. The number of halogens is 2. The van der Waals surface area contributed by atoms with E-state index in [1.807, 2.05) is 0 Å².